The minimum atomic E-state index is -0.637. The van der Waals surface area contributed by atoms with Crippen molar-refractivity contribution in [1.29, 1.82) is 0 Å². The molecule has 1 heterocycles. The van der Waals surface area contributed by atoms with Crippen LogP contribution in [0.4, 0.5) is 0 Å². The zero-order valence-electron chi connectivity index (χ0n) is 17.3. The average Bonchev–Trinajstić information content (AvgIpc) is 3.01. The lowest BCUT2D eigenvalue weighted by Gasteiger charge is -2.25. The molecule has 2 aromatic rings. The summed E-state index contributed by atoms with van der Waals surface area (Å²) >= 11 is 5.95. The fraction of sp³-hybridized carbons (Fsp3) is 0.360. The highest BCUT2D eigenvalue weighted by molar-refractivity contribution is 6.46. The highest BCUT2D eigenvalue weighted by Gasteiger charge is 2.45. The van der Waals surface area contributed by atoms with Gasteiger partial charge in [-0.1, -0.05) is 81.0 Å². The Morgan fingerprint density at radius 2 is 1.57 bits per heavy atom. The Morgan fingerprint density at radius 3 is 2.23 bits per heavy atom. The molecule has 0 radical (unpaired) electrons. The highest BCUT2D eigenvalue weighted by Crippen LogP contribution is 2.39. The van der Waals surface area contributed by atoms with Gasteiger partial charge in [0.25, 0.3) is 11.7 Å². The van der Waals surface area contributed by atoms with E-state index in [9.17, 15) is 14.7 Å². The van der Waals surface area contributed by atoms with Gasteiger partial charge in [0.2, 0.25) is 0 Å². The number of hydrogen-bond donors (Lipinski definition) is 1. The number of Topliss-reactive ketones (excluding diaryl/α,β-unsaturated/α-hetero) is 1. The SMILES string of the molecule is CCCCCCCCN1C(=O)C(=O)C(=C(O)c2ccc(Cl)cc2)C1c1ccccc1. The lowest BCUT2D eigenvalue weighted by atomic mass is 9.95. The van der Waals surface area contributed by atoms with E-state index in [2.05, 4.69) is 6.92 Å². The number of benzene rings is 2. The maximum atomic E-state index is 12.9. The first kappa shape index (κ1) is 22.1. The smallest absolute Gasteiger partial charge is 0.295 e. The number of ketones is 1. The van der Waals surface area contributed by atoms with E-state index in [0.29, 0.717) is 17.1 Å². The molecule has 158 valence electrons. The molecule has 0 aromatic heterocycles. The zero-order valence-corrected chi connectivity index (χ0v) is 18.1. The first-order chi connectivity index (χ1) is 14.5. The van der Waals surface area contributed by atoms with Crippen molar-refractivity contribution < 1.29 is 14.7 Å². The van der Waals surface area contributed by atoms with Crippen LogP contribution >= 0.6 is 11.6 Å². The Bertz CT molecular complexity index is 906. The standard InChI is InChI=1S/C25H28ClNO3/c1-2-3-4-5-6-10-17-27-22(18-11-8-7-9-12-18)21(24(29)25(27)30)23(28)19-13-15-20(26)16-14-19/h7-9,11-16,22,28H,2-6,10,17H2,1H3. The van der Waals surface area contributed by atoms with Crippen molar-refractivity contribution in [3.8, 4) is 0 Å². The Hall–Kier alpha value is -2.59. The van der Waals surface area contributed by atoms with Crippen molar-refractivity contribution in [1.82, 2.24) is 4.90 Å². The van der Waals surface area contributed by atoms with Gasteiger partial charge in [-0.15, -0.1) is 0 Å². The van der Waals surface area contributed by atoms with Gasteiger partial charge in [0.1, 0.15) is 5.76 Å². The van der Waals surface area contributed by atoms with Gasteiger partial charge >= 0.3 is 0 Å². The number of nitrogens with zero attached hydrogens (tertiary/aromatic N) is 1. The highest BCUT2D eigenvalue weighted by atomic mass is 35.5. The maximum Gasteiger partial charge on any atom is 0.295 e. The largest absolute Gasteiger partial charge is 0.507 e. The van der Waals surface area contributed by atoms with E-state index in [4.69, 9.17) is 11.6 Å². The lowest BCUT2D eigenvalue weighted by Crippen LogP contribution is -2.30. The molecular formula is C25H28ClNO3. The second kappa shape index (κ2) is 10.4. The molecule has 0 spiro atoms. The van der Waals surface area contributed by atoms with Gasteiger partial charge in [-0.2, -0.15) is 0 Å². The normalized spacial score (nSPS) is 18.2. The van der Waals surface area contributed by atoms with E-state index >= 15 is 0 Å². The van der Waals surface area contributed by atoms with Crippen LogP contribution in [-0.2, 0) is 9.59 Å². The average molecular weight is 426 g/mol. The number of aliphatic hydroxyl groups is 1. The summed E-state index contributed by atoms with van der Waals surface area (Å²) in [6, 6.07) is 15.5. The summed E-state index contributed by atoms with van der Waals surface area (Å²) in [5, 5.41) is 11.5. The van der Waals surface area contributed by atoms with E-state index in [0.717, 1.165) is 24.8 Å². The number of rotatable bonds is 9. The monoisotopic (exact) mass is 425 g/mol. The fourth-order valence-electron chi connectivity index (χ4n) is 3.92. The van der Waals surface area contributed by atoms with E-state index < -0.39 is 17.7 Å². The molecule has 0 saturated carbocycles. The van der Waals surface area contributed by atoms with Crippen LogP contribution in [0.2, 0.25) is 5.02 Å². The summed E-state index contributed by atoms with van der Waals surface area (Å²) in [5.74, 6) is -1.35. The fourth-order valence-corrected chi connectivity index (χ4v) is 4.04. The Morgan fingerprint density at radius 1 is 0.933 bits per heavy atom. The quantitative estimate of drug-likeness (QED) is 0.228. The number of aliphatic hydroxyl groups excluding tert-OH is 1. The van der Waals surface area contributed by atoms with Crippen LogP contribution in [-0.4, -0.2) is 28.2 Å². The van der Waals surface area contributed by atoms with E-state index in [1.807, 2.05) is 30.3 Å². The first-order valence-electron chi connectivity index (χ1n) is 10.6. The number of halogens is 1. The summed E-state index contributed by atoms with van der Waals surface area (Å²) < 4.78 is 0. The second-order valence-corrected chi connectivity index (χ2v) is 8.11. The third-order valence-corrected chi connectivity index (χ3v) is 5.78. The van der Waals surface area contributed by atoms with E-state index in [-0.39, 0.29) is 11.3 Å². The number of unbranched alkanes of at least 4 members (excludes halogenated alkanes) is 5. The summed E-state index contributed by atoms with van der Waals surface area (Å²) in [5.41, 5.74) is 1.43. The number of carbonyl (C=O) groups is 2. The molecule has 0 aliphatic carbocycles. The molecule has 3 rings (SSSR count). The predicted molar refractivity (Wildman–Crippen MR) is 120 cm³/mol. The van der Waals surface area contributed by atoms with Gasteiger partial charge in [0.15, 0.2) is 0 Å². The molecule has 0 bridgehead atoms. The lowest BCUT2D eigenvalue weighted by molar-refractivity contribution is -0.139. The van der Waals surface area contributed by atoms with Crippen LogP contribution in [0.25, 0.3) is 5.76 Å². The topological polar surface area (TPSA) is 57.6 Å². The van der Waals surface area contributed by atoms with E-state index in [1.165, 1.54) is 19.3 Å². The van der Waals surface area contributed by atoms with Crippen molar-refractivity contribution in [3.63, 3.8) is 0 Å². The molecule has 1 unspecified atom stereocenters. The number of hydrogen-bond acceptors (Lipinski definition) is 3. The minimum absolute atomic E-state index is 0.138. The Balaban J connectivity index is 1.91. The van der Waals surface area contributed by atoms with Gasteiger partial charge in [-0.3, -0.25) is 9.59 Å². The zero-order chi connectivity index (χ0) is 21.5. The third-order valence-electron chi connectivity index (χ3n) is 5.53. The molecule has 4 nitrogen and oxygen atoms in total. The number of amides is 1. The molecule has 1 amide bonds. The van der Waals surface area contributed by atoms with Crippen molar-refractivity contribution in [3.05, 3.63) is 76.3 Å². The minimum Gasteiger partial charge on any atom is -0.507 e. The molecule has 30 heavy (non-hydrogen) atoms. The number of carbonyl (C=O) groups excluding carboxylic acids is 2. The van der Waals surface area contributed by atoms with Crippen LogP contribution in [0.1, 0.15) is 62.6 Å². The van der Waals surface area contributed by atoms with Crippen molar-refractivity contribution in [2.45, 2.75) is 51.5 Å². The maximum absolute atomic E-state index is 12.9. The molecule has 1 fully saturated rings. The number of likely N-dealkylation sites (tertiary alicyclic amines) is 1. The van der Waals surface area contributed by atoms with Crippen molar-refractivity contribution in [2.75, 3.05) is 6.54 Å². The van der Waals surface area contributed by atoms with Crippen LogP contribution < -0.4 is 0 Å². The van der Waals surface area contributed by atoms with Gasteiger partial charge in [0, 0.05) is 17.1 Å². The van der Waals surface area contributed by atoms with Gasteiger partial charge in [0.05, 0.1) is 11.6 Å². The molecule has 1 atom stereocenters. The van der Waals surface area contributed by atoms with Gasteiger partial charge in [-0.05, 0) is 36.2 Å². The predicted octanol–water partition coefficient (Wildman–Crippen LogP) is 6.12. The van der Waals surface area contributed by atoms with Gasteiger partial charge < -0.3 is 10.0 Å². The van der Waals surface area contributed by atoms with Crippen LogP contribution in [0.3, 0.4) is 0 Å². The molecule has 1 aliphatic rings. The Labute approximate surface area is 183 Å². The summed E-state index contributed by atoms with van der Waals surface area (Å²) in [4.78, 5) is 27.4. The summed E-state index contributed by atoms with van der Waals surface area (Å²) in [7, 11) is 0. The third kappa shape index (κ3) is 4.93. The second-order valence-electron chi connectivity index (χ2n) is 7.68. The van der Waals surface area contributed by atoms with E-state index in [1.54, 1.807) is 29.2 Å². The van der Waals surface area contributed by atoms with Crippen LogP contribution in [0.5, 0.6) is 0 Å². The molecule has 1 saturated heterocycles. The molecular weight excluding hydrogens is 398 g/mol. The molecule has 1 aliphatic heterocycles. The van der Waals surface area contributed by atoms with Crippen LogP contribution in [0.15, 0.2) is 60.2 Å². The molecule has 1 N–H and O–H groups in total. The molecule has 5 heteroatoms. The summed E-state index contributed by atoms with van der Waals surface area (Å²) in [6.07, 6.45) is 6.57. The van der Waals surface area contributed by atoms with Crippen molar-refractivity contribution in [2.24, 2.45) is 0 Å². The van der Waals surface area contributed by atoms with Crippen LogP contribution in [0, 0.1) is 0 Å². The van der Waals surface area contributed by atoms with Crippen molar-refractivity contribution >= 4 is 29.1 Å². The molecule has 2 aromatic carbocycles. The first-order valence-corrected chi connectivity index (χ1v) is 11.0. The Kier molecular flexibility index (Phi) is 7.69. The summed E-state index contributed by atoms with van der Waals surface area (Å²) in [6.45, 7) is 2.67. The van der Waals surface area contributed by atoms with Gasteiger partial charge in [-0.25, -0.2) is 0 Å².